The number of aliphatic hydroxyl groups is 1. The lowest BCUT2D eigenvalue weighted by Crippen LogP contribution is -2.43. The summed E-state index contributed by atoms with van der Waals surface area (Å²) in [6, 6.07) is 7.68. The number of aliphatic hydroxyl groups excluding tert-OH is 1. The number of hydrogen-bond acceptors (Lipinski definition) is 6. The van der Waals surface area contributed by atoms with Crippen molar-refractivity contribution in [3.63, 3.8) is 0 Å². The Bertz CT molecular complexity index is 537. The maximum atomic E-state index is 9.79. The second-order valence-corrected chi connectivity index (χ2v) is 6.78. The monoisotopic (exact) mass is 367 g/mol. The van der Waals surface area contributed by atoms with Crippen LogP contribution in [0.2, 0.25) is 0 Å². The smallest absolute Gasteiger partial charge is 0.290 e. The molecule has 3 rings (SSSR count). The van der Waals surface area contributed by atoms with Crippen molar-refractivity contribution in [3.05, 3.63) is 24.3 Å². The van der Waals surface area contributed by atoms with Crippen molar-refractivity contribution in [2.24, 2.45) is 11.3 Å². The summed E-state index contributed by atoms with van der Waals surface area (Å²) >= 11 is 0. The Kier molecular flexibility index (Phi) is 8.15. The number of ether oxygens (including phenoxy) is 3. The molecule has 0 spiro atoms. The molecule has 0 unspecified atom stereocenters. The maximum Gasteiger partial charge on any atom is 0.290 e. The zero-order chi connectivity index (χ0) is 18.8. The van der Waals surface area contributed by atoms with Crippen molar-refractivity contribution in [2.75, 3.05) is 53.2 Å². The van der Waals surface area contributed by atoms with Gasteiger partial charge in [0.1, 0.15) is 11.5 Å². The van der Waals surface area contributed by atoms with Gasteiger partial charge in [0, 0.05) is 31.7 Å². The highest BCUT2D eigenvalue weighted by atomic mass is 16.5. The summed E-state index contributed by atoms with van der Waals surface area (Å²) in [5, 5.41) is 16.7. The van der Waals surface area contributed by atoms with Crippen LogP contribution in [0.4, 0.5) is 0 Å². The van der Waals surface area contributed by atoms with E-state index in [1.54, 1.807) is 7.11 Å². The van der Waals surface area contributed by atoms with Gasteiger partial charge in [-0.25, -0.2) is 0 Å². The van der Waals surface area contributed by atoms with Crippen LogP contribution in [-0.4, -0.2) is 74.8 Å². The third kappa shape index (κ3) is 5.33. The Labute approximate surface area is 154 Å². The third-order valence-electron chi connectivity index (χ3n) is 5.15. The van der Waals surface area contributed by atoms with Crippen LogP contribution >= 0.6 is 0 Å². The second kappa shape index (κ2) is 10.4. The average Bonchev–Trinajstić information content (AvgIpc) is 3.05. The van der Waals surface area contributed by atoms with Crippen molar-refractivity contribution in [2.45, 2.75) is 12.8 Å². The number of hydrogen-bond donors (Lipinski definition) is 2. The Morgan fingerprint density at radius 3 is 2.65 bits per heavy atom. The van der Waals surface area contributed by atoms with E-state index in [1.165, 1.54) is 0 Å². The van der Waals surface area contributed by atoms with Crippen LogP contribution in [0, 0.1) is 11.3 Å². The number of likely N-dealkylation sites (tertiary alicyclic amines) is 1. The molecule has 0 aliphatic carbocycles. The summed E-state index contributed by atoms with van der Waals surface area (Å²) in [6.45, 7) is 5.25. The van der Waals surface area contributed by atoms with Gasteiger partial charge in [-0.2, -0.15) is 0 Å². The first-order valence-electron chi connectivity index (χ1n) is 8.93. The summed E-state index contributed by atoms with van der Waals surface area (Å²) in [6.07, 6.45) is 2.06. The molecule has 7 nitrogen and oxygen atoms in total. The van der Waals surface area contributed by atoms with Gasteiger partial charge < -0.3 is 29.3 Å². The number of rotatable bonds is 7. The van der Waals surface area contributed by atoms with Crippen LogP contribution in [-0.2, 0) is 9.53 Å². The number of fused-ring (bicyclic) bond motifs is 1. The van der Waals surface area contributed by atoms with Crippen LogP contribution in [0.5, 0.6) is 11.5 Å². The third-order valence-corrected chi connectivity index (χ3v) is 5.15. The minimum absolute atomic E-state index is 0.0326. The number of methoxy groups -OCH3 is 1. The highest BCUT2D eigenvalue weighted by molar-refractivity contribution is 5.32. The molecule has 26 heavy (non-hydrogen) atoms. The molecule has 146 valence electrons. The lowest BCUT2D eigenvalue weighted by atomic mass is 9.76. The SMILES string of the molecule is COc1ccc(OCCCN2C[C@@H]3CCOC[C@]3(CO)C2)cc1.O=CO. The lowest BCUT2D eigenvalue weighted by molar-refractivity contribution is -0.122. The summed E-state index contributed by atoms with van der Waals surface area (Å²) in [7, 11) is 1.66. The minimum Gasteiger partial charge on any atom is -0.497 e. The quantitative estimate of drug-likeness (QED) is 0.558. The molecule has 1 aromatic rings. The number of carbonyl (C=O) groups is 1. The van der Waals surface area contributed by atoms with E-state index >= 15 is 0 Å². The predicted octanol–water partition coefficient (Wildman–Crippen LogP) is 1.50. The highest BCUT2D eigenvalue weighted by Gasteiger charge is 2.47. The van der Waals surface area contributed by atoms with Crippen LogP contribution in [0.1, 0.15) is 12.8 Å². The second-order valence-electron chi connectivity index (χ2n) is 6.78. The first-order valence-corrected chi connectivity index (χ1v) is 8.93. The molecule has 0 bridgehead atoms. The van der Waals surface area contributed by atoms with Gasteiger partial charge >= 0.3 is 0 Å². The first kappa shape index (κ1) is 20.5. The summed E-state index contributed by atoms with van der Waals surface area (Å²) in [5.74, 6) is 2.29. The van der Waals surface area contributed by atoms with Gasteiger partial charge in [0.15, 0.2) is 0 Å². The Morgan fingerprint density at radius 1 is 1.35 bits per heavy atom. The zero-order valence-electron chi connectivity index (χ0n) is 15.3. The molecular formula is C19H29NO6. The Hall–Kier alpha value is -1.83. The van der Waals surface area contributed by atoms with Crippen LogP contribution in [0.3, 0.4) is 0 Å². The minimum atomic E-state index is -0.250. The van der Waals surface area contributed by atoms with Crippen molar-refractivity contribution in [3.8, 4) is 11.5 Å². The fourth-order valence-corrected chi connectivity index (χ4v) is 3.75. The van der Waals surface area contributed by atoms with Crippen molar-refractivity contribution in [1.82, 2.24) is 4.90 Å². The number of benzene rings is 1. The van der Waals surface area contributed by atoms with Crippen molar-refractivity contribution >= 4 is 6.47 Å². The van der Waals surface area contributed by atoms with Gasteiger partial charge in [-0.05, 0) is 43.0 Å². The van der Waals surface area contributed by atoms with Gasteiger partial charge in [0.25, 0.3) is 6.47 Å². The number of nitrogens with zero attached hydrogens (tertiary/aromatic N) is 1. The largest absolute Gasteiger partial charge is 0.497 e. The van der Waals surface area contributed by atoms with Gasteiger partial charge in [-0.3, -0.25) is 4.79 Å². The van der Waals surface area contributed by atoms with E-state index in [4.69, 9.17) is 24.1 Å². The molecule has 7 heteroatoms. The fourth-order valence-electron chi connectivity index (χ4n) is 3.75. The lowest BCUT2D eigenvalue weighted by Gasteiger charge is -2.36. The molecule has 2 aliphatic heterocycles. The molecule has 0 amide bonds. The number of carboxylic acid groups (broad SMARTS) is 1. The topological polar surface area (TPSA) is 88.5 Å². The molecule has 0 saturated carbocycles. The molecule has 1 aromatic carbocycles. The first-order chi connectivity index (χ1) is 12.7. The summed E-state index contributed by atoms with van der Waals surface area (Å²) in [5.41, 5.74) is -0.0326. The van der Waals surface area contributed by atoms with Gasteiger partial charge in [-0.15, -0.1) is 0 Å². The van der Waals surface area contributed by atoms with Gasteiger partial charge in [0.05, 0.1) is 26.9 Å². The van der Waals surface area contributed by atoms with Crippen molar-refractivity contribution < 1.29 is 29.2 Å². The average molecular weight is 367 g/mol. The van der Waals surface area contributed by atoms with E-state index in [1.807, 2.05) is 24.3 Å². The summed E-state index contributed by atoms with van der Waals surface area (Å²) in [4.78, 5) is 10.8. The van der Waals surface area contributed by atoms with Gasteiger partial charge in [-0.1, -0.05) is 0 Å². The molecule has 2 heterocycles. The maximum absolute atomic E-state index is 9.79. The molecule has 0 aromatic heterocycles. The normalized spacial score (nSPS) is 24.9. The molecule has 2 fully saturated rings. The molecule has 2 aliphatic rings. The molecular weight excluding hydrogens is 338 g/mol. The van der Waals surface area contributed by atoms with E-state index in [0.29, 0.717) is 19.1 Å². The van der Waals surface area contributed by atoms with E-state index in [2.05, 4.69) is 4.90 Å². The summed E-state index contributed by atoms with van der Waals surface area (Å²) < 4.78 is 16.5. The molecule has 2 atom stereocenters. The van der Waals surface area contributed by atoms with Crippen LogP contribution < -0.4 is 9.47 Å². The van der Waals surface area contributed by atoms with E-state index in [0.717, 1.165) is 50.6 Å². The fraction of sp³-hybridized carbons (Fsp3) is 0.632. The predicted molar refractivity (Wildman–Crippen MR) is 96.7 cm³/mol. The Balaban J connectivity index is 0.000000758. The van der Waals surface area contributed by atoms with Crippen molar-refractivity contribution in [1.29, 1.82) is 0 Å². The zero-order valence-corrected chi connectivity index (χ0v) is 15.3. The van der Waals surface area contributed by atoms with E-state index in [9.17, 15) is 5.11 Å². The Morgan fingerprint density at radius 2 is 2.04 bits per heavy atom. The van der Waals surface area contributed by atoms with E-state index < -0.39 is 0 Å². The standard InChI is InChI=1S/C18H27NO4.CH2O2/c1-21-16-3-5-17(6-4-16)23-9-2-8-19-11-15-7-10-22-14-18(15,12-19)13-20;2-1-3/h3-6,15,20H,2,7-14H2,1H3;1H,(H,2,3)/t15-,18+;/m0./s1. The molecule has 2 N–H and O–H groups in total. The van der Waals surface area contributed by atoms with Gasteiger partial charge in [0.2, 0.25) is 0 Å². The highest BCUT2D eigenvalue weighted by Crippen LogP contribution is 2.40. The van der Waals surface area contributed by atoms with Crippen LogP contribution in [0.15, 0.2) is 24.3 Å². The van der Waals surface area contributed by atoms with Crippen LogP contribution in [0.25, 0.3) is 0 Å². The van der Waals surface area contributed by atoms with E-state index in [-0.39, 0.29) is 18.5 Å². The molecule has 2 saturated heterocycles. The molecule has 0 radical (unpaired) electrons.